The number of aryl methyl sites for hydroxylation is 1. The van der Waals surface area contributed by atoms with E-state index in [1.165, 1.54) is 34.8 Å². The number of halogens is 2. The smallest absolute Gasteiger partial charge is 0.289 e. The van der Waals surface area contributed by atoms with E-state index in [1.54, 1.807) is 29.8 Å². The van der Waals surface area contributed by atoms with Crippen LogP contribution in [0.4, 0.5) is 4.39 Å². The Labute approximate surface area is 126 Å². The number of rotatable bonds is 1. The number of thiophene rings is 1. The molecule has 0 aliphatic heterocycles. The minimum absolute atomic E-state index is 0.303. The van der Waals surface area contributed by atoms with Crippen molar-refractivity contribution < 1.29 is 9.18 Å². The molecule has 102 valence electrons. The van der Waals surface area contributed by atoms with E-state index < -0.39 is 0 Å². The zero-order chi connectivity index (χ0) is 14.3. The van der Waals surface area contributed by atoms with Crippen molar-refractivity contribution >= 4 is 50.4 Å². The van der Waals surface area contributed by atoms with Crippen LogP contribution in [-0.2, 0) is 7.05 Å². The fraction of sp³-hybridized carbons (Fsp3) is 0.0769. The molecule has 0 bridgehead atoms. The molecule has 0 unspecified atom stereocenters. The number of hydrogen-bond donors (Lipinski definition) is 0. The zero-order valence-electron chi connectivity index (χ0n) is 10.3. The van der Waals surface area contributed by atoms with Crippen LogP contribution in [-0.4, -0.2) is 10.5 Å². The van der Waals surface area contributed by atoms with Gasteiger partial charge in [0.1, 0.15) is 5.82 Å². The number of hydrogen-bond acceptors (Lipinski definition) is 3. The van der Waals surface area contributed by atoms with E-state index in [2.05, 4.69) is 4.99 Å². The highest BCUT2D eigenvalue weighted by Crippen LogP contribution is 2.22. The molecule has 0 atom stereocenters. The lowest BCUT2D eigenvalue weighted by atomic mass is 10.3. The molecule has 0 aliphatic rings. The Kier molecular flexibility index (Phi) is 3.45. The van der Waals surface area contributed by atoms with Crippen LogP contribution in [0.25, 0.3) is 10.2 Å². The molecule has 2 aromatic heterocycles. The fourth-order valence-corrected chi connectivity index (χ4v) is 3.75. The van der Waals surface area contributed by atoms with Crippen LogP contribution >= 0.6 is 34.3 Å². The number of nitrogens with zero attached hydrogens (tertiary/aromatic N) is 2. The van der Waals surface area contributed by atoms with Crippen molar-refractivity contribution in [3.8, 4) is 0 Å². The van der Waals surface area contributed by atoms with E-state index in [-0.39, 0.29) is 11.7 Å². The molecule has 7 heteroatoms. The predicted octanol–water partition coefficient (Wildman–Crippen LogP) is 3.83. The summed E-state index contributed by atoms with van der Waals surface area (Å²) in [5, 5.41) is 0. The first-order valence-corrected chi connectivity index (χ1v) is 7.65. The van der Waals surface area contributed by atoms with Crippen molar-refractivity contribution in [3.05, 3.63) is 50.2 Å². The third-order valence-corrected chi connectivity index (χ3v) is 5.07. The molecule has 0 spiro atoms. The molecule has 0 radical (unpaired) electrons. The lowest BCUT2D eigenvalue weighted by Gasteiger charge is -1.94. The van der Waals surface area contributed by atoms with E-state index in [0.29, 0.717) is 14.0 Å². The van der Waals surface area contributed by atoms with Gasteiger partial charge in [-0.05, 0) is 30.3 Å². The second-order valence-corrected chi connectivity index (χ2v) is 6.80. The minimum atomic E-state index is -0.343. The number of carbonyl (C=O) groups excluding carboxylic acids is 1. The molecule has 2 heterocycles. The average Bonchev–Trinajstić information content (AvgIpc) is 2.95. The Morgan fingerprint density at radius 2 is 2.10 bits per heavy atom. The van der Waals surface area contributed by atoms with Gasteiger partial charge in [0, 0.05) is 7.05 Å². The molecule has 3 rings (SSSR count). The molecular weight excluding hydrogens is 319 g/mol. The standard InChI is InChI=1S/C13H8ClFN2OS2/c1-17-8-3-2-7(15)6-10(8)20-13(17)16-12(18)9-4-5-11(14)19-9/h2-6H,1H3. The lowest BCUT2D eigenvalue weighted by Crippen LogP contribution is -2.12. The Morgan fingerprint density at radius 3 is 2.80 bits per heavy atom. The van der Waals surface area contributed by atoms with Crippen molar-refractivity contribution in [1.82, 2.24) is 4.57 Å². The molecule has 1 aromatic carbocycles. The van der Waals surface area contributed by atoms with Crippen LogP contribution in [0.2, 0.25) is 4.34 Å². The Morgan fingerprint density at radius 1 is 1.30 bits per heavy atom. The summed E-state index contributed by atoms with van der Waals surface area (Å²) in [6.07, 6.45) is 0. The van der Waals surface area contributed by atoms with E-state index in [1.807, 2.05) is 0 Å². The first-order valence-electron chi connectivity index (χ1n) is 5.64. The van der Waals surface area contributed by atoms with E-state index in [9.17, 15) is 9.18 Å². The molecule has 1 amide bonds. The van der Waals surface area contributed by atoms with Crippen LogP contribution in [0, 0.1) is 5.82 Å². The maximum Gasteiger partial charge on any atom is 0.289 e. The topological polar surface area (TPSA) is 34.4 Å². The van der Waals surface area contributed by atoms with Gasteiger partial charge in [-0.1, -0.05) is 22.9 Å². The summed E-state index contributed by atoms with van der Waals surface area (Å²) in [5.41, 5.74) is 0.840. The van der Waals surface area contributed by atoms with Crippen molar-refractivity contribution in [1.29, 1.82) is 0 Å². The molecule has 0 N–H and O–H groups in total. The summed E-state index contributed by atoms with van der Waals surface area (Å²) < 4.78 is 16.3. The van der Waals surface area contributed by atoms with Crippen molar-refractivity contribution in [3.63, 3.8) is 0 Å². The van der Waals surface area contributed by atoms with E-state index in [4.69, 9.17) is 11.6 Å². The summed E-state index contributed by atoms with van der Waals surface area (Å²) in [5.74, 6) is -0.646. The summed E-state index contributed by atoms with van der Waals surface area (Å²) in [6, 6.07) is 7.80. The molecule has 0 aliphatic carbocycles. The first-order chi connectivity index (χ1) is 9.54. The highest BCUT2D eigenvalue weighted by atomic mass is 35.5. The number of fused-ring (bicyclic) bond motifs is 1. The predicted molar refractivity (Wildman–Crippen MR) is 80.0 cm³/mol. The second kappa shape index (κ2) is 5.12. The Bertz CT molecular complexity index is 878. The maximum absolute atomic E-state index is 13.2. The van der Waals surface area contributed by atoms with Gasteiger partial charge in [-0.3, -0.25) is 4.79 Å². The fourth-order valence-electron chi connectivity index (χ4n) is 1.79. The molecule has 0 fully saturated rings. The number of carbonyl (C=O) groups is 1. The van der Waals surface area contributed by atoms with Gasteiger partial charge in [0.25, 0.3) is 5.91 Å². The normalized spacial score (nSPS) is 12.2. The number of benzene rings is 1. The molecule has 0 saturated carbocycles. The monoisotopic (exact) mass is 326 g/mol. The van der Waals surface area contributed by atoms with Gasteiger partial charge in [0.15, 0.2) is 4.80 Å². The van der Waals surface area contributed by atoms with Crippen LogP contribution in [0.5, 0.6) is 0 Å². The van der Waals surface area contributed by atoms with Crippen molar-refractivity contribution in [2.75, 3.05) is 0 Å². The molecule has 3 aromatic rings. The highest BCUT2D eigenvalue weighted by molar-refractivity contribution is 7.18. The SMILES string of the molecule is Cn1c(=NC(=O)c2ccc(Cl)s2)sc2cc(F)ccc21. The van der Waals surface area contributed by atoms with Gasteiger partial charge >= 0.3 is 0 Å². The van der Waals surface area contributed by atoms with E-state index >= 15 is 0 Å². The van der Waals surface area contributed by atoms with Crippen LogP contribution in [0.3, 0.4) is 0 Å². The lowest BCUT2D eigenvalue weighted by molar-refractivity contribution is 0.100. The summed E-state index contributed by atoms with van der Waals surface area (Å²) in [4.78, 5) is 17.1. The average molecular weight is 327 g/mol. The largest absolute Gasteiger partial charge is 0.319 e. The third kappa shape index (κ3) is 2.42. The second-order valence-electron chi connectivity index (χ2n) is 4.08. The third-order valence-electron chi connectivity index (χ3n) is 2.75. The summed E-state index contributed by atoms with van der Waals surface area (Å²) >= 11 is 8.26. The Hall–Kier alpha value is -1.50. The molecule has 3 nitrogen and oxygen atoms in total. The van der Waals surface area contributed by atoms with Gasteiger partial charge in [0.05, 0.1) is 19.4 Å². The first kappa shape index (κ1) is 13.5. The molecule has 20 heavy (non-hydrogen) atoms. The summed E-state index contributed by atoms with van der Waals surface area (Å²) in [7, 11) is 1.80. The Balaban J connectivity index is 2.12. The van der Waals surface area contributed by atoms with Crippen molar-refractivity contribution in [2.24, 2.45) is 12.0 Å². The van der Waals surface area contributed by atoms with Gasteiger partial charge in [0.2, 0.25) is 0 Å². The van der Waals surface area contributed by atoms with Gasteiger partial charge in [-0.25, -0.2) is 4.39 Å². The van der Waals surface area contributed by atoms with Crippen LogP contribution < -0.4 is 4.80 Å². The highest BCUT2D eigenvalue weighted by Gasteiger charge is 2.09. The van der Waals surface area contributed by atoms with E-state index in [0.717, 1.165) is 10.2 Å². The van der Waals surface area contributed by atoms with Crippen molar-refractivity contribution in [2.45, 2.75) is 0 Å². The number of aromatic nitrogens is 1. The maximum atomic E-state index is 13.2. The summed E-state index contributed by atoms with van der Waals surface area (Å²) in [6.45, 7) is 0. The van der Waals surface area contributed by atoms with Crippen LogP contribution in [0.1, 0.15) is 9.67 Å². The zero-order valence-corrected chi connectivity index (χ0v) is 12.7. The molecular formula is C13H8ClFN2OS2. The van der Waals surface area contributed by atoms with Gasteiger partial charge in [-0.2, -0.15) is 4.99 Å². The quantitative estimate of drug-likeness (QED) is 0.669. The number of thiazole rings is 1. The van der Waals surface area contributed by atoms with Gasteiger partial charge < -0.3 is 4.57 Å². The van der Waals surface area contributed by atoms with Gasteiger partial charge in [-0.15, -0.1) is 11.3 Å². The molecule has 0 saturated heterocycles. The van der Waals surface area contributed by atoms with Crippen LogP contribution in [0.15, 0.2) is 35.3 Å². The minimum Gasteiger partial charge on any atom is -0.319 e. The number of amides is 1.